The number of hydrogen-bond acceptors (Lipinski definition) is 6. The first kappa shape index (κ1) is 14.4. The molecule has 22 heavy (non-hydrogen) atoms. The monoisotopic (exact) mass is 302 g/mol. The summed E-state index contributed by atoms with van der Waals surface area (Å²) in [4.78, 5) is 13.0. The fourth-order valence-electron chi connectivity index (χ4n) is 2.14. The summed E-state index contributed by atoms with van der Waals surface area (Å²) in [5.41, 5.74) is 7.82. The lowest BCUT2D eigenvalue weighted by atomic mass is 10.1. The van der Waals surface area contributed by atoms with E-state index in [1.165, 1.54) is 12.3 Å². The summed E-state index contributed by atoms with van der Waals surface area (Å²) in [7, 11) is 0. The third kappa shape index (κ3) is 3.20. The lowest BCUT2D eigenvalue weighted by Crippen LogP contribution is -2.20. The van der Waals surface area contributed by atoms with Crippen LogP contribution in [0.5, 0.6) is 5.75 Å². The van der Waals surface area contributed by atoms with Gasteiger partial charge in [-0.3, -0.25) is 4.98 Å². The Kier molecular flexibility index (Phi) is 4.24. The fourth-order valence-corrected chi connectivity index (χ4v) is 2.14. The molecule has 2 aromatic rings. The van der Waals surface area contributed by atoms with Crippen molar-refractivity contribution in [3.8, 4) is 16.9 Å². The Bertz CT molecular complexity index is 675. The third-order valence-corrected chi connectivity index (χ3v) is 3.27. The first-order valence-corrected chi connectivity index (χ1v) is 6.86. The van der Waals surface area contributed by atoms with Crippen LogP contribution in [0.1, 0.15) is 6.42 Å². The Morgan fingerprint density at radius 2 is 2.23 bits per heavy atom. The summed E-state index contributed by atoms with van der Waals surface area (Å²) >= 11 is 0. The van der Waals surface area contributed by atoms with Crippen molar-refractivity contribution in [1.82, 2.24) is 9.97 Å². The maximum absolute atomic E-state index is 12.9. The lowest BCUT2D eigenvalue weighted by molar-refractivity contribution is 0.0472. The second-order valence-electron chi connectivity index (χ2n) is 4.85. The van der Waals surface area contributed by atoms with Crippen LogP contribution in [-0.4, -0.2) is 34.9 Å². The average molecular weight is 302 g/mol. The third-order valence-electron chi connectivity index (χ3n) is 3.27. The van der Waals surface area contributed by atoms with Gasteiger partial charge in [0.1, 0.15) is 12.4 Å². The molecule has 3 heterocycles. The van der Waals surface area contributed by atoms with E-state index in [0.29, 0.717) is 25.3 Å². The number of rotatable bonds is 5. The molecule has 0 saturated heterocycles. The molecule has 2 aromatic heterocycles. The zero-order chi connectivity index (χ0) is 15.4. The average Bonchev–Trinajstić information content (AvgIpc) is 3.02. The van der Waals surface area contributed by atoms with E-state index >= 15 is 0 Å². The molecule has 2 N–H and O–H groups in total. The van der Waals surface area contributed by atoms with Gasteiger partial charge >= 0.3 is 0 Å². The molecule has 0 radical (unpaired) electrons. The van der Waals surface area contributed by atoms with E-state index in [9.17, 15) is 4.39 Å². The molecule has 1 atom stereocenters. The highest BCUT2D eigenvalue weighted by atomic mass is 19.1. The second kappa shape index (κ2) is 6.48. The van der Waals surface area contributed by atoms with Crippen LogP contribution in [0.15, 0.2) is 41.9 Å². The standard InChI is InChI=1S/C15H15FN4O2/c16-15-2-1-10(7-19-15)13-8-18-4-3-14(13)21-9-12-5-11(6-17)20-22-12/h1-4,7-8,12H,5-6,9,17H2. The van der Waals surface area contributed by atoms with Gasteiger partial charge in [0.15, 0.2) is 6.10 Å². The second-order valence-corrected chi connectivity index (χ2v) is 4.85. The van der Waals surface area contributed by atoms with Crippen molar-refractivity contribution in [2.75, 3.05) is 13.2 Å². The zero-order valence-corrected chi connectivity index (χ0v) is 11.8. The van der Waals surface area contributed by atoms with Crippen LogP contribution in [0.3, 0.4) is 0 Å². The van der Waals surface area contributed by atoms with Gasteiger partial charge in [-0.05, 0) is 18.2 Å². The van der Waals surface area contributed by atoms with Gasteiger partial charge in [-0.15, -0.1) is 0 Å². The number of nitrogens with zero attached hydrogens (tertiary/aromatic N) is 3. The van der Waals surface area contributed by atoms with Gasteiger partial charge in [-0.1, -0.05) is 5.16 Å². The summed E-state index contributed by atoms with van der Waals surface area (Å²) < 4.78 is 18.7. The van der Waals surface area contributed by atoms with Gasteiger partial charge < -0.3 is 15.3 Å². The highest BCUT2D eigenvalue weighted by Crippen LogP contribution is 2.29. The Balaban J connectivity index is 1.71. The molecule has 1 unspecified atom stereocenters. The van der Waals surface area contributed by atoms with E-state index in [2.05, 4.69) is 15.1 Å². The zero-order valence-electron chi connectivity index (χ0n) is 11.8. The highest BCUT2D eigenvalue weighted by molar-refractivity contribution is 5.87. The molecule has 1 aliphatic heterocycles. The van der Waals surface area contributed by atoms with E-state index in [1.807, 2.05) is 0 Å². The number of ether oxygens (including phenoxy) is 1. The quantitative estimate of drug-likeness (QED) is 0.851. The summed E-state index contributed by atoms with van der Waals surface area (Å²) in [5, 5.41) is 3.89. The van der Waals surface area contributed by atoms with E-state index in [0.717, 1.165) is 16.8 Å². The number of hydrogen-bond donors (Lipinski definition) is 1. The number of halogens is 1. The minimum absolute atomic E-state index is 0.147. The summed E-state index contributed by atoms with van der Waals surface area (Å²) in [6.45, 7) is 0.733. The van der Waals surface area contributed by atoms with Gasteiger partial charge in [0.25, 0.3) is 0 Å². The molecule has 0 amide bonds. The van der Waals surface area contributed by atoms with Gasteiger partial charge in [-0.25, -0.2) is 4.98 Å². The topological polar surface area (TPSA) is 82.6 Å². The van der Waals surface area contributed by atoms with Crippen LogP contribution in [0.25, 0.3) is 11.1 Å². The van der Waals surface area contributed by atoms with E-state index < -0.39 is 5.95 Å². The van der Waals surface area contributed by atoms with Crippen molar-refractivity contribution in [2.45, 2.75) is 12.5 Å². The lowest BCUT2D eigenvalue weighted by Gasteiger charge is -2.13. The molecule has 0 fully saturated rings. The van der Waals surface area contributed by atoms with E-state index in [4.69, 9.17) is 15.3 Å². The molecule has 3 rings (SSSR count). The minimum Gasteiger partial charge on any atom is -0.489 e. The van der Waals surface area contributed by atoms with E-state index in [1.54, 1.807) is 24.5 Å². The Morgan fingerprint density at radius 1 is 1.32 bits per heavy atom. The van der Waals surface area contributed by atoms with Gasteiger partial charge in [0.2, 0.25) is 5.95 Å². The van der Waals surface area contributed by atoms with Crippen molar-refractivity contribution in [3.05, 3.63) is 42.7 Å². The van der Waals surface area contributed by atoms with Crippen LogP contribution in [-0.2, 0) is 4.84 Å². The van der Waals surface area contributed by atoms with Crippen LogP contribution in [0.4, 0.5) is 4.39 Å². The maximum Gasteiger partial charge on any atom is 0.212 e. The fraction of sp³-hybridized carbons (Fsp3) is 0.267. The highest BCUT2D eigenvalue weighted by Gasteiger charge is 2.21. The Labute approximate surface area is 126 Å². The van der Waals surface area contributed by atoms with Gasteiger partial charge in [-0.2, -0.15) is 4.39 Å². The molecule has 0 aromatic carbocycles. The molecular formula is C15H15FN4O2. The molecule has 0 saturated carbocycles. The molecule has 114 valence electrons. The van der Waals surface area contributed by atoms with Crippen LogP contribution < -0.4 is 10.5 Å². The van der Waals surface area contributed by atoms with Gasteiger partial charge in [0.05, 0.1) is 5.71 Å². The van der Waals surface area contributed by atoms with Crippen LogP contribution in [0.2, 0.25) is 0 Å². The molecule has 0 spiro atoms. The molecule has 0 aliphatic carbocycles. The number of aromatic nitrogens is 2. The number of pyridine rings is 2. The first-order valence-electron chi connectivity index (χ1n) is 6.86. The van der Waals surface area contributed by atoms with Crippen molar-refractivity contribution < 1.29 is 14.0 Å². The summed E-state index contributed by atoms with van der Waals surface area (Å²) in [5.74, 6) is 0.106. The van der Waals surface area contributed by atoms with Gasteiger partial charge in [0, 0.05) is 42.7 Å². The molecule has 0 bridgehead atoms. The first-order chi connectivity index (χ1) is 10.8. The Morgan fingerprint density at radius 3 is 2.95 bits per heavy atom. The van der Waals surface area contributed by atoms with Crippen molar-refractivity contribution in [1.29, 1.82) is 0 Å². The molecule has 7 heteroatoms. The molecule has 1 aliphatic rings. The number of oxime groups is 1. The summed E-state index contributed by atoms with van der Waals surface area (Å²) in [6.07, 6.45) is 5.25. The van der Waals surface area contributed by atoms with Crippen LogP contribution in [0, 0.1) is 5.95 Å². The smallest absolute Gasteiger partial charge is 0.212 e. The predicted octanol–water partition coefficient (Wildman–Crippen LogP) is 1.77. The van der Waals surface area contributed by atoms with E-state index in [-0.39, 0.29) is 6.10 Å². The van der Waals surface area contributed by atoms with Crippen molar-refractivity contribution in [2.24, 2.45) is 10.9 Å². The van der Waals surface area contributed by atoms with Crippen molar-refractivity contribution >= 4 is 5.71 Å². The van der Waals surface area contributed by atoms with Crippen molar-refractivity contribution in [3.63, 3.8) is 0 Å². The summed E-state index contributed by atoms with van der Waals surface area (Å²) in [6, 6.07) is 4.68. The maximum atomic E-state index is 12.9. The SMILES string of the molecule is NCC1=NOC(COc2ccncc2-c2ccc(F)nc2)C1. The molecular weight excluding hydrogens is 287 g/mol. The largest absolute Gasteiger partial charge is 0.489 e. The minimum atomic E-state index is -0.527. The normalized spacial score (nSPS) is 17.0. The van der Waals surface area contributed by atoms with Crippen LogP contribution >= 0.6 is 0 Å². The predicted molar refractivity (Wildman–Crippen MR) is 78.9 cm³/mol. The molecule has 6 nitrogen and oxygen atoms in total. The number of nitrogens with two attached hydrogens (primary N) is 1. The Hall–Kier alpha value is -2.54.